The number of aryl methyl sites for hydroxylation is 2. The maximum absolute atomic E-state index is 13.1. The lowest BCUT2D eigenvalue weighted by atomic mass is 9.49. The molecular formula is C25H34N2O4. The molecule has 31 heavy (non-hydrogen) atoms. The summed E-state index contributed by atoms with van der Waals surface area (Å²) in [4.78, 5) is 38.2. The Bertz CT molecular complexity index is 858. The van der Waals surface area contributed by atoms with E-state index in [1.165, 1.54) is 19.3 Å². The molecule has 4 fully saturated rings. The molecule has 2 atom stereocenters. The third kappa shape index (κ3) is 4.48. The quantitative estimate of drug-likeness (QED) is 0.676. The van der Waals surface area contributed by atoms with Crippen LogP contribution >= 0.6 is 0 Å². The predicted octanol–water partition coefficient (Wildman–Crippen LogP) is 3.89. The molecule has 4 bridgehead atoms. The maximum atomic E-state index is 13.1. The third-order valence-electron chi connectivity index (χ3n) is 7.53. The van der Waals surface area contributed by atoms with Crippen LogP contribution in [0.5, 0.6) is 0 Å². The Morgan fingerprint density at radius 2 is 1.58 bits per heavy atom. The molecule has 1 aromatic carbocycles. The minimum Gasteiger partial charge on any atom is -0.451 e. The molecule has 4 aliphatic rings. The molecule has 168 valence electrons. The van der Waals surface area contributed by atoms with Crippen molar-refractivity contribution in [2.24, 2.45) is 23.2 Å². The van der Waals surface area contributed by atoms with Gasteiger partial charge in [0.1, 0.15) is 6.04 Å². The molecule has 0 aliphatic heterocycles. The van der Waals surface area contributed by atoms with Gasteiger partial charge in [0.05, 0.1) is 0 Å². The number of benzene rings is 1. The second-order valence-electron chi connectivity index (χ2n) is 10.3. The van der Waals surface area contributed by atoms with Crippen molar-refractivity contribution in [2.75, 3.05) is 5.32 Å². The summed E-state index contributed by atoms with van der Waals surface area (Å²) in [6.07, 6.45) is 5.67. The number of carbonyl (C=O) groups is 3. The van der Waals surface area contributed by atoms with Gasteiger partial charge in [0.15, 0.2) is 6.10 Å². The first-order chi connectivity index (χ1) is 14.6. The number of esters is 1. The van der Waals surface area contributed by atoms with Crippen molar-refractivity contribution in [3.8, 4) is 0 Å². The lowest BCUT2D eigenvalue weighted by molar-refractivity contribution is -0.158. The van der Waals surface area contributed by atoms with Crippen LogP contribution in [0, 0.1) is 37.0 Å². The van der Waals surface area contributed by atoms with Gasteiger partial charge >= 0.3 is 5.97 Å². The van der Waals surface area contributed by atoms with Crippen LogP contribution < -0.4 is 10.6 Å². The van der Waals surface area contributed by atoms with E-state index in [0.717, 1.165) is 30.4 Å². The Morgan fingerprint density at radius 1 is 1.00 bits per heavy atom. The molecule has 5 rings (SSSR count). The van der Waals surface area contributed by atoms with Gasteiger partial charge in [-0.3, -0.25) is 9.59 Å². The first-order valence-corrected chi connectivity index (χ1v) is 11.5. The Morgan fingerprint density at radius 3 is 2.16 bits per heavy atom. The number of amides is 2. The second kappa shape index (κ2) is 8.29. The zero-order chi connectivity index (χ0) is 22.3. The highest BCUT2D eigenvalue weighted by Crippen LogP contribution is 2.60. The van der Waals surface area contributed by atoms with Crippen molar-refractivity contribution < 1.29 is 19.1 Å². The number of rotatable bonds is 6. The van der Waals surface area contributed by atoms with Gasteiger partial charge in [0.2, 0.25) is 5.91 Å². The van der Waals surface area contributed by atoms with E-state index in [4.69, 9.17) is 4.74 Å². The number of anilines is 1. The first-order valence-electron chi connectivity index (χ1n) is 11.5. The van der Waals surface area contributed by atoms with Crippen molar-refractivity contribution in [2.45, 2.75) is 78.4 Å². The number of hydrogen-bond donors (Lipinski definition) is 2. The highest BCUT2D eigenvalue weighted by molar-refractivity contribution is 5.96. The average molecular weight is 427 g/mol. The van der Waals surface area contributed by atoms with Gasteiger partial charge in [0.25, 0.3) is 5.91 Å². The van der Waals surface area contributed by atoms with Crippen LogP contribution in [-0.2, 0) is 19.1 Å². The molecule has 2 N–H and O–H groups in total. The summed E-state index contributed by atoms with van der Waals surface area (Å²) in [5.74, 6) is 1.00. The van der Waals surface area contributed by atoms with E-state index in [1.54, 1.807) is 13.8 Å². The fourth-order valence-electron chi connectivity index (χ4n) is 6.23. The Labute approximate surface area is 184 Å². The summed E-state index contributed by atoms with van der Waals surface area (Å²) >= 11 is 0. The van der Waals surface area contributed by atoms with Gasteiger partial charge in [-0.05, 0) is 101 Å². The van der Waals surface area contributed by atoms with Crippen LogP contribution in [0.3, 0.4) is 0 Å². The molecular weight excluding hydrogens is 392 g/mol. The van der Waals surface area contributed by atoms with E-state index in [-0.39, 0.29) is 17.2 Å². The van der Waals surface area contributed by atoms with Gasteiger partial charge < -0.3 is 15.4 Å². The summed E-state index contributed by atoms with van der Waals surface area (Å²) < 4.78 is 5.37. The smallest absolute Gasteiger partial charge is 0.329 e. The van der Waals surface area contributed by atoms with Crippen LogP contribution in [0.1, 0.15) is 63.5 Å². The average Bonchev–Trinajstić information content (AvgIpc) is 2.69. The third-order valence-corrected chi connectivity index (χ3v) is 7.53. The molecule has 6 heteroatoms. The molecule has 1 aromatic rings. The van der Waals surface area contributed by atoms with Crippen LogP contribution in [0.2, 0.25) is 0 Å². The zero-order valence-corrected chi connectivity index (χ0v) is 19.0. The van der Waals surface area contributed by atoms with E-state index in [2.05, 4.69) is 10.6 Å². The fourth-order valence-corrected chi connectivity index (χ4v) is 6.23. The fraction of sp³-hybridized carbons (Fsp3) is 0.640. The molecule has 0 heterocycles. The molecule has 4 aliphatic carbocycles. The van der Waals surface area contributed by atoms with Crippen molar-refractivity contribution in [3.05, 3.63) is 29.3 Å². The molecule has 4 saturated carbocycles. The lowest BCUT2D eigenvalue weighted by Gasteiger charge is -2.55. The number of ether oxygens (including phenoxy) is 1. The van der Waals surface area contributed by atoms with Gasteiger partial charge in [-0.2, -0.15) is 0 Å². The molecule has 0 unspecified atom stereocenters. The van der Waals surface area contributed by atoms with Crippen molar-refractivity contribution >= 4 is 23.5 Å². The molecule has 0 radical (unpaired) electrons. The summed E-state index contributed by atoms with van der Waals surface area (Å²) in [6.45, 7) is 7.04. The highest BCUT2D eigenvalue weighted by Gasteiger charge is 2.54. The van der Waals surface area contributed by atoms with Crippen LogP contribution in [-0.4, -0.2) is 29.9 Å². The number of nitrogens with one attached hydrogen (secondary N) is 2. The van der Waals surface area contributed by atoms with Crippen molar-refractivity contribution in [3.63, 3.8) is 0 Å². The van der Waals surface area contributed by atoms with E-state index in [9.17, 15) is 14.4 Å². The highest BCUT2D eigenvalue weighted by atomic mass is 16.5. The monoisotopic (exact) mass is 426 g/mol. The Hall–Kier alpha value is -2.37. The van der Waals surface area contributed by atoms with E-state index >= 15 is 0 Å². The summed E-state index contributed by atoms with van der Waals surface area (Å²) in [6, 6.07) is 5.01. The maximum Gasteiger partial charge on any atom is 0.329 e. The van der Waals surface area contributed by atoms with E-state index in [0.29, 0.717) is 23.4 Å². The van der Waals surface area contributed by atoms with Crippen LogP contribution in [0.15, 0.2) is 18.2 Å². The van der Waals surface area contributed by atoms with E-state index < -0.39 is 18.1 Å². The summed E-state index contributed by atoms with van der Waals surface area (Å²) in [5, 5.41) is 5.72. The van der Waals surface area contributed by atoms with Gasteiger partial charge in [0, 0.05) is 11.1 Å². The van der Waals surface area contributed by atoms with Crippen molar-refractivity contribution in [1.29, 1.82) is 0 Å². The van der Waals surface area contributed by atoms with E-state index in [1.807, 2.05) is 32.0 Å². The summed E-state index contributed by atoms with van der Waals surface area (Å²) in [7, 11) is 0. The Balaban J connectivity index is 1.31. The molecule has 6 nitrogen and oxygen atoms in total. The van der Waals surface area contributed by atoms with Crippen LogP contribution in [0.25, 0.3) is 0 Å². The van der Waals surface area contributed by atoms with Gasteiger partial charge in [-0.15, -0.1) is 0 Å². The van der Waals surface area contributed by atoms with Crippen LogP contribution in [0.4, 0.5) is 5.69 Å². The first kappa shape index (κ1) is 21.8. The summed E-state index contributed by atoms with van der Waals surface area (Å²) in [5.41, 5.74) is 2.37. The number of hydrogen-bond acceptors (Lipinski definition) is 4. The predicted molar refractivity (Wildman–Crippen MR) is 118 cm³/mol. The number of carbonyl (C=O) groups excluding carboxylic acids is 3. The zero-order valence-electron chi connectivity index (χ0n) is 19.0. The Kier molecular flexibility index (Phi) is 5.84. The van der Waals surface area contributed by atoms with Crippen molar-refractivity contribution in [1.82, 2.24) is 5.32 Å². The molecule has 0 spiro atoms. The topological polar surface area (TPSA) is 84.5 Å². The SMILES string of the molecule is Cc1ccc(C)c(NC(=O)[C@@H](C)OC(=O)[C@H](C)NC(=O)C23CC4CC(CC(C4)C2)C3)c1. The largest absolute Gasteiger partial charge is 0.451 e. The second-order valence-corrected chi connectivity index (χ2v) is 10.3. The molecule has 2 amide bonds. The lowest BCUT2D eigenvalue weighted by Crippen LogP contribution is -2.56. The standard InChI is InChI=1S/C25H34N2O4/c1-14-5-6-15(2)21(7-14)27-22(28)17(4)31-23(29)16(3)26-24(30)25-11-18-8-19(12-25)10-20(9-18)13-25/h5-7,16-20H,8-13H2,1-4H3,(H,26,30)(H,27,28)/t16-,17+,18?,19?,20?,25?/m0/s1. The van der Waals surface area contributed by atoms with Gasteiger partial charge in [-0.25, -0.2) is 4.79 Å². The molecule has 0 aromatic heterocycles. The van der Waals surface area contributed by atoms with Gasteiger partial charge in [-0.1, -0.05) is 12.1 Å². The normalized spacial score (nSPS) is 30.4. The minimum absolute atomic E-state index is 0.0106. The minimum atomic E-state index is -0.952. The molecule has 0 saturated heterocycles.